The van der Waals surface area contributed by atoms with Crippen molar-refractivity contribution in [3.05, 3.63) is 35.9 Å². The van der Waals surface area contributed by atoms with Crippen LogP contribution in [0.1, 0.15) is 45.1 Å². The summed E-state index contributed by atoms with van der Waals surface area (Å²) in [5.74, 6) is -0.217. The molecule has 0 bridgehead atoms. The molecule has 1 atom stereocenters. The maximum absolute atomic E-state index is 13.2. The summed E-state index contributed by atoms with van der Waals surface area (Å²) in [5, 5.41) is 9.28. The molecule has 1 unspecified atom stereocenters. The summed E-state index contributed by atoms with van der Waals surface area (Å²) >= 11 is 0. The van der Waals surface area contributed by atoms with Gasteiger partial charge >= 0.3 is 6.03 Å². The first kappa shape index (κ1) is 21.3. The van der Waals surface area contributed by atoms with E-state index >= 15 is 0 Å². The van der Waals surface area contributed by atoms with Gasteiger partial charge in [0, 0.05) is 19.6 Å². The maximum Gasteiger partial charge on any atom is 0.327 e. The maximum atomic E-state index is 13.2. The van der Waals surface area contributed by atoms with Gasteiger partial charge in [0.2, 0.25) is 5.91 Å². The Morgan fingerprint density at radius 2 is 1.72 bits per heavy atom. The van der Waals surface area contributed by atoms with E-state index in [1.165, 1.54) is 4.90 Å². The third-order valence-corrected chi connectivity index (χ3v) is 6.07. The van der Waals surface area contributed by atoms with Crippen molar-refractivity contribution in [3.8, 4) is 0 Å². The van der Waals surface area contributed by atoms with Crippen molar-refractivity contribution >= 4 is 17.8 Å². The van der Waals surface area contributed by atoms with Crippen LogP contribution >= 0.6 is 0 Å². The summed E-state index contributed by atoms with van der Waals surface area (Å²) in [4.78, 5) is 43.7. The number of urea groups is 1. The minimum absolute atomic E-state index is 0.0156. The zero-order valence-corrected chi connectivity index (χ0v) is 17.5. The number of amides is 4. The van der Waals surface area contributed by atoms with Crippen LogP contribution in [0.15, 0.2) is 30.3 Å². The highest BCUT2D eigenvalue weighted by atomic mass is 16.3. The van der Waals surface area contributed by atoms with Gasteiger partial charge in [-0.05, 0) is 31.2 Å². The van der Waals surface area contributed by atoms with Crippen LogP contribution in [-0.4, -0.2) is 76.0 Å². The van der Waals surface area contributed by atoms with E-state index in [9.17, 15) is 19.5 Å². The standard InChI is InChI=1S/C22H31N3O4/c1-16(2)15-25-21(29)24(13-14-26)20(28)22(25)9-11-23(12-10-22)19(27)17(3)18-7-5-4-6-8-18/h4-8,16-17,26H,9-15H2,1-3H3. The number of benzene rings is 1. The molecule has 2 saturated heterocycles. The van der Waals surface area contributed by atoms with Gasteiger partial charge in [-0.1, -0.05) is 44.2 Å². The van der Waals surface area contributed by atoms with E-state index in [0.717, 1.165) is 5.56 Å². The van der Waals surface area contributed by atoms with Crippen molar-refractivity contribution in [2.24, 2.45) is 5.92 Å². The Morgan fingerprint density at radius 1 is 1.10 bits per heavy atom. The number of hydrogen-bond acceptors (Lipinski definition) is 4. The van der Waals surface area contributed by atoms with Crippen LogP contribution in [0.4, 0.5) is 4.79 Å². The van der Waals surface area contributed by atoms with Gasteiger partial charge in [-0.3, -0.25) is 14.5 Å². The molecule has 158 valence electrons. The van der Waals surface area contributed by atoms with E-state index in [4.69, 9.17) is 0 Å². The highest BCUT2D eigenvalue weighted by Gasteiger charge is 2.58. The summed E-state index contributed by atoms with van der Waals surface area (Å²) in [6, 6.07) is 9.35. The number of aliphatic hydroxyl groups is 1. The number of hydrogen-bond donors (Lipinski definition) is 1. The number of imide groups is 1. The molecule has 7 heteroatoms. The second-order valence-electron chi connectivity index (χ2n) is 8.46. The zero-order chi connectivity index (χ0) is 21.2. The second-order valence-corrected chi connectivity index (χ2v) is 8.46. The van der Waals surface area contributed by atoms with Crippen LogP contribution in [-0.2, 0) is 9.59 Å². The summed E-state index contributed by atoms with van der Waals surface area (Å²) in [6.07, 6.45) is 0.860. The first-order valence-electron chi connectivity index (χ1n) is 10.4. The van der Waals surface area contributed by atoms with Gasteiger partial charge in [-0.15, -0.1) is 0 Å². The van der Waals surface area contributed by atoms with E-state index < -0.39 is 5.54 Å². The van der Waals surface area contributed by atoms with Crippen LogP contribution in [0.3, 0.4) is 0 Å². The Morgan fingerprint density at radius 3 is 2.28 bits per heavy atom. The molecule has 0 aliphatic carbocycles. The van der Waals surface area contributed by atoms with Gasteiger partial charge in [0.25, 0.3) is 5.91 Å². The Hall–Kier alpha value is -2.41. The number of likely N-dealkylation sites (tertiary alicyclic amines) is 1. The lowest BCUT2D eigenvalue weighted by Crippen LogP contribution is -2.58. The first-order chi connectivity index (χ1) is 13.8. The van der Waals surface area contributed by atoms with Crippen molar-refractivity contribution in [1.29, 1.82) is 0 Å². The van der Waals surface area contributed by atoms with Crippen molar-refractivity contribution in [2.75, 3.05) is 32.8 Å². The predicted molar refractivity (Wildman–Crippen MR) is 109 cm³/mol. The molecule has 1 N–H and O–H groups in total. The largest absolute Gasteiger partial charge is 0.395 e. The number of carbonyl (C=O) groups excluding carboxylic acids is 3. The van der Waals surface area contributed by atoms with Crippen LogP contribution in [0.25, 0.3) is 0 Å². The van der Waals surface area contributed by atoms with Crippen LogP contribution < -0.4 is 0 Å². The summed E-state index contributed by atoms with van der Waals surface area (Å²) in [7, 11) is 0. The number of nitrogens with zero attached hydrogens (tertiary/aromatic N) is 3. The Labute approximate surface area is 172 Å². The molecule has 2 fully saturated rings. The molecule has 1 aromatic carbocycles. The highest BCUT2D eigenvalue weighted by Crippen LogP contribution is 2.38. The fraction of sp³-hybridized carbons (Fsp3) is 0.591. The second kappa shape index (κ2) is 8.53. The molecule has 2 heterocycles. The highest BCUT2D eigenvalue weighted by molar-refractivity contribution is 6.07. The van der Waals surface area contributed by atoms with Crippen LogP contribution in [0.2, 0.25) is 0 Å². The van der Waals surface area contributed by atoms with E-state index in [-0.39, 0.29) is 42.8 Å². The average molecular weight is 402 g/mol. The van der Waals surface area contributed by atoms with Gasteiger partial charge < -0.3 is 14.9 Å². The lowest BCUT2D eigenvalue weighted by Gasteiger charge is -2.43. The van der Waals surface area contributed by atoms with E-state index in [1.54, 1.807) is 4.90 Å². The number of aliphatic hydroxyl groups excluding tert-OH is 1. The van der Waals surface area contributed by atoms with E-state index in [1.807, 2.05) is 56.0 Å². The molecule has 29 heavy (non-hydrogen) atoms. The number of piperidine rings is 1. The lowest BCUT2D eigenvalue weighted by atomic mass is 9.84. The summed E-state index contributed by atoms with van der Waals surface area (Å²) < 4.78 is 0. The van der Waals surface area contributed by atoms with Crippen LogP contribution in [0, 0.1) is 5.92 Å². The first-order valence-corrected chi connectivity index (χ1v) is 10.4. The number of rotatable bonds is 6. The molecular weight excluding hydrogens is 370 g/mol. The van der Waals surface area contributed by atoms with Gasteiger partial charge in [0.1, 0.15) is 5.54 Å². The van der Waals surface area contributed by atoms with E-state index in [0.29, 0.717) is 32.5 Å². The summed E-state index contributed by atoms with van der Waals surface area (Å²) in [5.41, 5.74) is 0.0731. The quantitative estimate of drug-likeness (QED) is 0.740. The average Bonchev–Trinajstić information content (AvgIpc) is 2.90. The molecule has 2 aliphatic rings. The van der Waals surface area contributed by atoms with Gasteiger partial charge in [-0.25, -0.2) is 4.79 Å². The smallest absolute Gasteiger partial charge is 0.327 e. The molecule has 0 radical (unpaired) electrons. The summed E-state index contributed by atoms with van der Waals surface area (Å²) in [6.45, 7) is 7.07. The molecule has 2 aliphatic heterocycles. The minimum Gasteiger partial charge on any atom is -0.395 e. The topological polar surface area (TPSA) is 81.2 Å². The zero-order valence-electron chi connectivity index (χ0n) is 17.5. The van der Waals surface area contributed by atoms with Gasteiger partial charge in [-0.2, -0.15) is 0 Å². The fourth-order valence-electron chi connectivity index (χ4n) is 4.44. The number of β-amino-alcohol motifs (C(OH)–C–C–N with tert-alkyl or cyclic N) is 1. The lowest BCUT2D eigenvalue weighted by molar-refractivity contribution is -0.141. The molecule has 1 aromatic rings. The van der Waals surface area contributed by atoms with Crippen molar-refractivity contribution in [3.63, 3.8) is 0 Å². The normalized spacial score (nSPS) is 20.1. The Kier molecular flexibility index (Phi) is 6.27. The van der Waals surface area contributed by atoms with Crippen molar-refractivity contribution in [1.82, 2.24) is 14.7 Å². The minimum atomic E-state index is -0.900. The molecule has 0 saturated carbocycles. The fourth-order valence-corrected chi connectivity index (χ4v) is 4.44. The predicted octanol–water partition coefficient (Wildman–Crippen LogP) is 2.06. The SMILES string of the molecule is CC(C)CN1C(=O)N(CCO)C(=O)C12CCN(C(=O)C(C)c1ccccc1)CC2. The molecule has 1 spiro atoms. The van der Waals surface area contributed by atoms with Crippen LogP contribution in [0.5, 0.6) is 0 Å². The third-order valence-electron chi connectivity index (χ3n) is 6.07. The van der Waals surface area contributed by atoms with E-state index in [2.05, 4.69) is 0 Å². The Bertz CT molecular complexity index is 757. The molecule has 7 nitrogen and oxygen atoms in total. The van der Waals surface area contributed by atoms with Gasteiger partial charge in [0.05, 0.1) is 19.1 Å². The third kappa shape index (κ3) is 3.88. The van der Waals surface area contributed by atoms with Gasteiger partial charge in [0.15, 0.2) is 0 Å². The molecule has 0 aromatic heterocycles. The van der Waals surface area contributed by atoms with Crippen molar-refractivity contribution < 1.29 is 19.5 Å². The molecule has 3 rings (SSSR count). The monoisotopic (exact) mass is 401 g/mol. The Balaban J connectivity index is 1.76. The number of carbonyl (C=O) groups is 3. The molecular formula is C22H31N3O4. The van der Waals surface area contributed by atoms with Crippen molar-refractivity contribution in [2.45, 2.75) is 45.1 Å². The molecule has 4 amide bonds.